The van der Waals surface area contributed by atoms with Gasteiger partial charge in [0.2, 0.25) is 0 Å². The summed E-state index contributed by atoms with van der Waals surface area (Å²) in [5.41, 5.74) is -7.56. The lowest BCUT2D eigenvalue weighted by Crippen LogP contribution is -2.62. The molecular weight excluding hydrogens is 359 g/mol. The molecule has 0 saturated carbocycles. The number of alkyl halides is 9. The van der Waals surface area contributed by atoms with E-state index in [0.717, 1.165) is 12.1 Å². The lowest BCUT2D eigenvalue weighted by Gasteiger charge is -2.41. The number of ether oxygens (including phenoxy) is 1. The minimum Gasteiger partial charge on any atom is -0.494 e. The Morgan fingerprint density at radius 3 is 1.75 bits per heavy atom. The fraction of sp³-hybridized carbons (Fsp3) is 0.538. The van der Waals surface area contributed by atoms with E-state index < -0.39 is 35.6 Å². The van der Waals surface area contributed by atoms with Crippen molar-refractivity contribution in [3.8, 4) is 5.75 Å². The van der Waals surface area contributed by atoms with Crippen LogP contribution in [0.25, 0.3) is 0 Å². The zero-order valence-corrected chi connectivity index (χ0v) is 11.9. The third-order valence-corrected chi connectivity index (χ3v) is 3.24. The molecule has 1 N–H and O–H groups in total. The highest BCUT2D eigenvalue weighted by Crippen LogP contribution is 2.65. The first kappa shape index (κ1) is 20.4. The van der Waals surface area contributed by atoms with Gasteiger partial charge in [0.25, 0.3) is 5.41 Å². The van der Waals surface area contributed by atoms with Crippen molar-refractivity contribution in [2.75, 3.05) is 6.61 Å². The molecule has 1 unspecified atom stereocenters. The number of rotatable bonds is 4. The quantitative estimate of drug-likeness (QED) is 0.773. The van der Waals surface area contributed by atoms with Crippen molar-refractivity contribution >= 4 is 0 Å². The first-order valence-corrected chi connectivity index (χ1v) is 6.31. The smallest absolute Gasteiger partial charge is 0.415 e. The van der Waals surface area contributed by atoms with Crippen molar-refractivity contribution in [1.29, 1.82) is 0 Å². The van der Waals surface area contributed by atoms with Crippen LogP contribution in [0, 0.1) is 5.41 Å². The van der Waals surface area contributed by atoms with Crippen LogP contribution in [-0.4, -0.2) is 30.2 Å². The molecule has 138 valence electrons. The molecule has 0 aliphatic carbocycles. The fourth-order valence-corrected chi connectivity index (χ4v) is 2.14. The maximum absolute atomic E-state index is 12.9. The summed E-state index contributed by atoms with van der Waals surface area (Å²) in [5, 5.41) is 9.51. The Morgan fingerprint density at radius 1 is 0.917 bits per heavy atom. The van der Waals surface area contributed by atoms with Gasteiger partial charge in [-0.1, -0.05) is 12.1 Å². The summed E-state index contributed by atoms with van der Waals surface area (Å²) in [5.74, 6) is -0.283. The van der Waals surface area contributed by atoms with Gasteiger partial charge in [-0.2, -0.15) is 39.5 Å². The van der Waals surface area contributed by atoms with Crippen molar-refractivity contribution in [2.45, 2.75) is 31.6 Å². The van der Waals surface area contributed by atoms with Gasteiger partial charge in [-0.25, -0.2) is 0 Å². The first-order valence-electron chi connectivity index (χ1n) is 6.31. The third-order valence-electron chi connectivity index (χ3n) is 3.24. The molecule has 1 rings (SSSR count). The largest absolute Gasteiger partial charge is 0.494 e. The minimum atomic E-state index is -6.84. The Kier molecular flexibility index (Phi) is 5.39. The van der Waals surface area contributed by atoms with Crippen molar-refractivity contribution in [1.82, 2.24) is 0 Å². The number of hydrogen-bond acceptors (Lipinski definition) is 2. The summed E-state index contributed by atoms with van der Waals surface area (Å²) < 4.78 is 121. The van der Waals surface area contributed by atoms with Gasteiger partial charge in [0.15, 0.2) is 0 Å². The molecule has 0 heterocycles. The second-order valence-corrected chi connectivity index (χ2v) is 4.71. The van der Waals surface area contributed by atoms with E-state index in [1.165, 1.54) is 6.92 Å². The summed E-state index contributed by atoms with van der Waals surface area (Å²) in [6.45, 7) is 1.40. The first-order chi connectivity index (χ1) is 10.7. The molecule has 0 aromatic heterocycles. The fourth-order valence-electron chi connectivity index (χ4n) is 2.14. The topological polar surface area (TPSA) is 29.5 Å². The van der Waals surface area contributed by atoms with E-state index in [1.54, 1.807) is 0 Å². The van der Waals surface area contributed by atoms with Crippen LogP contribution in [0.4, 0.5) is 39.5 Å². The van der Waals surface area contributed by atoms with E-state index in [-0.39, 0.29) is 12.4 Å². The van der Waals surface area contributed by atoms with E-state index in [2.05, 4.69) is 0 Å². The molecule has 24 heavy (non-hydrogen) atoms. The van der Waals surface area contributed by atoms with Crippen LogP contribution in [0.3, 0.4) is 0 Å². The van der Waals surface area contributed by atoms with Crippen LogP contribution in [0.1, 0.15) is 18.6 Å². The monoisotopic (exact) mass is 370 g/mol. The number of aliphatic hydroxyl groups excluding tert-OH is 1. The highest BCUT2D eigenvalue weighted by molar-refractivity contribution is 5.32. The van der Waals surface area contributed by atoms with Gasteiger partial charge in [0, 0.05) is 0 Å². The van der Waals surface area contributed by atoms with Gasteiger partial charge in [0.1, 0.15) is 11.9 Å². The standard InChI is InChI=1S/C13H11F9O2/c1-2-24-8-5-3-4-7(6-8)9(23)10(11(14,15)16,12(17,18)19)13(20,21)22/h3-6,9,23H,2H2,1H3. The molecule has 1 aromatic rings. The Morgan fingerprint density at radius 2 is 1.38 bits per heavy atom. The minimum absolute atomic E-state index is 0.0392. The van der Waals surface area contributed by atoms with Crippen molar-refractivity contribution in [3.05, 3.63) is 29.8 Å². The molecule has 0 spiro atoms. The molecule has 0 radical (unpaired) electrons. The number of hydrogen-bond donors (Lipinski definition) is 1. The Labute approximate surface area is 129 Å². The second-order valence-electron chi connectivity index (χ2n) is 4.71. The normalized spacial score (nSPS) is 15.3. The number of aliphatic hydroxyl groups is 1. The van der Waals surface area contributed by atoms with Gasteiger partial charge in [-0.3, -0.25) is 0 Å². The van der Waals surface area contributed by atoms with Gasteiger partial charge in [0.05, 0.1) is 6.61 Å². The number of halogens is 9. The van der Waals surface area contributed by atoms with E-state index in [9.17, 15) is 44.6 Å². The van der Waals surface area contributed by atoms with Gasteiger partial charge in [-0.05, 0) is 24.6 Å². The summed E-state index contributed by atoms with van der Waals surface area (Å²) in [6, 6.07) is 2.99. The molecule has 1 atom stereocenters. The van der Waals surface area contributed by atoms with E-state index in [4.69, 9.17) is 4.74 Å². The zero-order chi connectivity index (χ0) is 19.0. The molecule has 0 bridgehead atoms. The number of benzene rings is 1. The predicted octanol–water partition coefficient (Wildman–Crippen LogP) is 4.79. The van der Waals surface area contributed by atoms with E-state index >= 15 is 0 Å². The SMILES string of the molecule is CCOc1cccc(C(O)C(C(F)(F)F)(C(F)(F)F)C(F)(F)F)c1. The third kappa shape index (κ3) is 3.26. The van der Waals surface area contributed by atoms with Gasteiger partial charge in [-0.15, -0.1) is 0 Å². The van der Waals surface area contributed by atoms with E-state index in [1.807, 2.05) is 0 Å². The van der Waals surface area contributed by atoms with Gasteiger partial charge < -0.3 is 9.84 Å². The summed E-state index contributed by atoms with van der Waals surface area (Å²) in [4.78, 5) is 0. The summed E-state index contributed by atoms with van der Waals surface area (Å²) >= 11 is 0. The molecule has 0 aliphatic rings. The molecule has 2 nitrogen and oxygen atoms in total. The maximum Gasteiger partial charge on any atom is 0.415 e. The lowest BCUT2D eigenvalue weighted by atomic mass is 9.76. The second kappa shape index (κ2) is 6.34. The molecule has 0 saturated heterocycles. The molecule has 0 amide bonds. The Balaban J connectivity index is 3.64. The van der Waals surface area contributed by atoms with Crippen LogP contribution in [0.15, 0.2) is 24.3 Å². The molecular formula is C13H11F9O2. The Hall–Kier alpha value is -1.65. The van der Waals surface area contributed by atoms with E-state index in [0.29, 0.717) is 12.1 Å². The van der Waals surface area contributed by atoms with Crippen LogP contribution in [0.2, 0.25) is 0 Å². The molecule has 11 heteroatoms. The van der Waals surface area contributed by atoms with Gasteiger partial charge >= 0.3 is 18.5 Å². The highest BCUT2D eigenvalue weighted by atomic mass is 19.4. The van der Waals surface area contributed by atoms with Crippen molar-refractivity contribution in [3.63, 3.8) is 0 Å². The molecule has 1 aromatic carbocycles. The average Bonchev–Trinajstić information content (AvgIpc) is 2.34. The van der Waals surface area contributed by atoms with Crippen LogP contribution >= 0.6 is 0 Å². The maximum atomic E-state index is 12.9. The average molecular weight is 370 g/mol. The Bertz CT molecular complexity index is 524. The molecule has 0 aliphatic heterocycles. The van der Waals surface area contributed by atoms with Crippen LogP contribution in [-0.2, 0) is 0 Å². The van der Waals surface area contributed by atoms with Crippen LogP contribution in [0.5, 0.6) is 5.75 Å². The lowest BCUT2D eigenvalue weighted by molar-refractivity contribution is -0.449. The molecule has 0 fully saturated rings. The summed E-state index contributed by atoms with van der Waals surface area (Å²) in [6.07, 6.45) is -24.5. The zero-order valence-electron chi connectivity index (χ0n) is 11.9. The summed E-state index contributed by atoms with van der Waals surface area (Å²) in [7, 11) is 0. The van der Waals surface area contributed by atoms with Crippen molar-refractivity contribution in [2.24, 2.45) is 5.41 Å². The highest BCUT2D eigenvalue weighted by Gasteiger charge is 2.86. The van der Waals surface area contributed by atoms with Crippen LogP contribution < -0.4 is 4.74 Å². The predicted molar refractivity (Wildman–Crippen MR) is 63.2 cm³/mol. The van der Waals surface area contributed by atoms with Crippen molar-refractivity contribution < 1.29 is 49.4 Å².